The van der Waals surface area contributed by atoms with Crippen LogP contribution in [-0.4, -0.2) is 76.9 Å². The first-order valence-corrected chi connectivity index (χ1v) is 22.3. The number of nitrogens with two attached hydrogens (primary N) is 1. The molecule has 0 aliphatic carbocycles. The van der Waals surface area contributed by atoms with Crippen molar-refractivity contribution in [3.8, 4) is 11.4 Å². The molecule has 0 saturated carbocycles. The highest BCUT2D eigenvalue weighted by Crippen LogP contribution is 2.36. The van der Waals surface area contributed by atoms with E-state index in [0.29, 0.717) is 45.1 Å². The van der Waals surface area contributed by atoms with Crippen molar-refractivity contribution >= 4 is 82.9 Å². The van der Waals surface area contributed by atoms with E-state index in [-0.39, 0.29) is 50.5 Å². The lowest BCUT2D eigenvalue weighted by Crippen LogP contribution is -2.31. The van der Waals surface area contributed by atoms with Crippen LogP contribution in [0.3, 0.4) is 0 Å². The Morgan fingerprint density at radius 1 is 1.09 bits per heavy atom. The van der Waals surface area contributed by atoms with E-state index in [1.807, 2.05) is 34.6 Å². The van der Waals surface area contributed by atoms with Crippen LogP contribution in [0.1, 0.15) is 59.8 Å². The Hall–Kier alpha value is -3.42. The minimum atomic E-state index is -3.10. The van der Waals surface area contributed by atoms with Gasteiger partial charge in [-0.2, -0.15) is 4.68 Å². The van der Waals surface area contributed by atoms with Crippen LogP contribution in [0.4, 0.5) is 10.1 Å². The lowest BCUT2D eigenvalue weighted by atomic mass is 9.97. The first kappa shape index (κ1) is 48.0. The number of fused-ring (bicyclic) bond motifs is 1. The van der Waals surface area contributed by atoms with Gasteiger partial charge >= 0.3 is 22.6 Å². The Labute approximate surface area is 349 Å². The Kier molecular flexibility index (Phi) is 17.3. The third-order valence-electron chi connectivity index (χ3n) is 7.41. The number of rotatable bonds is 11. The maximum Gasteiger partial charge on any atom is 0.442 e. The number of ether oxygens (including phenoxy) is 1. The molecule has 1 aliphatic heterocycles. The molecule has 0 saturated heterocycles. The van der Waals surface area contributed by atoms with Crippen molar-refractivity contribution in [2.75, 3.05) is 18.6 Å². The second kappa shape index (κ2) is 20.5. The molecule has 1 aliphatic rings. The normalized spacial score (nSPS) is 14.4. The van der Waals surface area contributed by atoms with Crippen molar-refractivity contribution in [3.63, 3.8) is 0 Å². The average Bonchev–Trinajstić information content (AvgIpc) is 3.64. The van der Waals surface area contributed by atoms with Crippen molar-refractivity contribution in [1.29, 1.82) is 0 Å². The standard InChI is InChI=1S/C15H18Cl2N2O3.C14H13ClFN3O3S2.C5H12NO4P/c1-8(2)21-12-7-11(9(16)6-10(12)17)19-14(20)22-13(18-19)15(3,4)5;15-8-5-9(16)10(6-11(8)23-7-12(20)21)17-13-18-3-1-2-4-19(18)14(22)24-13;1-11(9,10)3-2-4(6)5(7)8/h6-8H,1-5H3;5-6H,1-4,7H2,(H,20,21);4H,2-3,6H2,1H3,(H,7,8)(H,9,10). The largest absolute Gasteiger partial charge is 0.489 e. The summed E-state index contributed by atoms with van der Waals surface area (Å²) < 4.78 is 40.1. The van der Waals surface area contributed by atoms with Crippen molar-refractivity contribution in [2.24, 2.45) is 10.7 Å². The van der Waals surface area contributed by atoms with Crippen LogP contribution in [0, 0.1) is 5.82 Å². The van der Waals surface area contributed by atoms with Crippen LogP contribution in [0.5, 0.6) is 5.75 Å². The molecule has 23 heteroatoms. The molecule has 2 aromatic carbocycles. The Bertz CT molecular complexity index is 2310. The van der Waals surface area contributed by atoms with Crippen LogP contribution < -0.4 is 25.9 Å². The monoisotopic (exact) mass is 914 g/mol. The summed E-state index contributed by atoms with van der Waals surface area (Å²) in [4.78, 5) is 58.6. The fraction of sp³-hybridized carbons (Fsp3) is 0.471. The number of hydrogen-bond donors (Lipinski definition) is 4. The van der Waals surface area contributed by atoms with Gasteiger partial charge < -0.3 is 30.0 Å². The number of carboxylic acid groups (broad SMARTS) is 2. The highest BCUT2D eigenvalue weighted by molar-refractivity contribution is 8.00. The Morgan fingerprint density at radius 2 is 1.72 bits per heavy atom. The first-order valence-electron chi connectivity index (χ1n) is 17.1. The molecule has 2 atom stereocenters. The van der Waals surface area contributed by atoms with Crippen molar-refractivity contribution in [2.45, 2.75) is 89.4 Å². The quantitative estimate of drug-likeness (QED) is 0.0917. The average molecular weight is 916 g/mol. The molecule has 0 fully saturated rings. The second-order valence-corrected chi connectivity index (χ2v) is 19.6. The van der Waals surface area contributed by atoms with Crippen LogP contribution in [0.25, 0.3) is 5.69 Å². The summed E-state index contributed by atoms with van der Waals surface area (Å²) in [5, 5.41) is 22.1. The van der Waals surface area contributed by atoms with Gasteiger partial charge in [0, 0.05) is 42.3 Å². The van der Waals surface area contributed by atoms with E-state index in [1.165, 1.54) is 18.8 Å². The number of nitrogens with zero attached hydrogens (tertiary/aromatic N) is 5. The molecule has 0 amide bonds. The zero-order valence-electron chi connectivity index (χ0n) is 31.7. The molecule has 0 radical (unpaired) electrons. The van der Waals surface area contributed by atoms with E-state index in [9.17, 15) is 28.1 Å². The van der Waals surface area contributed by atoms with E-state index in [4.69, 9.17) is 64.8 Å². The van der Waals surface area contributed by atoms with Crippen LogP contribution in [0.15, 0.2) is 48.2 Å². The Balaban J connectivity index is 0.000000245. The van der Waals surface area contributed by atoms with Crippen molar-refractivity contribution < 1.29 is 42.8 Å². The minimum absolute atomic E-state index is 0.0370. The zero-order valence-corrected chi connectivity index (χ0v) is 36.5. The van der Waals surface area contributed by atoms with Gasteiger partial charge in [-0.3, -0.25) is 23.6 Å². The summed E-state index contributed by atoms with van der Waals surface area (Å²) in [5.74, 6) is -2.78. The van der Waals surface area contributed by atoms with E-state index >= 15 is 0 Å². The molecule has 3 heterocycles. The summed E-state index contributed by atoms with van der Waals surface area (Å²) in [6, 6.07) is 4.60. The molecule has 5 rings (SSSR count). The van der Waals surface area contributed by atoms with Gasteiger partial charge in [0.15, 0.2) is 7.37 Å². The van der Waals surface area contributed by atoms with Gasteiger partial charge in [0.25, 0.3) is 0 Å². The topological polar surface area (TPSA) is 234 Å². The number of hydrogen-bond acceptors (Lipinski definition) is 12. The van der Waals surface area contributed by atoms with Gasteiger partial charge in [-0.1, -0.05) is 55.6 Å². The number of carboxylic acids is 2. The number of benzene rings is 2. The maximum absolute atomic E-state index is 14.2. The molecular weight excluding hydrogens is 873 g/mol. The van der Waals surface area contributed by atoms with Crippen molar-refractivity contribution in [1.82, 2.24) is 19.1 Å². The fourth-order valence-electron chi connectivity index (χ4n) is 4.63. The summed E-state index contributed by atoms with van der Waals surface area (Å²) in [7, 11) is -3.10. The first-order chi connectivity index (χ1) is 26.4. The summed E-state index contributed by atoms with van der Waals surface area (Å²) in [6.07, 6.45) is 1.80. The van der Waals surface area contributed by atoms with Crippen LogP contribution >= 0.6 is 65.3 Å². The lowest BCUT2D eigenvalue weighted by Gasteiger charge is -2.15. The number of carbonyl (C=O) groups is 2. The molecule has 57 heavy (non-hydrogen) atoms. The second-order valence-electron chi connectivity index (χ2n) is 13.9. The van der Waals surface area contributed by atoms with Gasteiger partial charge in [-0.25, -0.2) is 18.9 Å². The molecule has 2 unspecified atom stereocenters. The number of aliphatic carboxylic acids is 2. The molecule has 16 nitrogen and oxygen atoms in total. The van der Waals surface area contributed by atoms with E-state index in [1.54, 1.807) is 15.4 Å². The third kappa shape index (κ3) is 14.4. The van der Waals surface area contributed by atoms with Crippen LogP contribution in [-0.2, 0) is 32.7 Å². The predicted octanol–water partition coefficient (Wildman–Crippen LogP) is 6.61. The molecule has 4 aromatic rings. The minimum Gasteiger partial charge on any atom is -0.489 e. The van der Waals surface area contributed by atoms with Gasteiger partial charge in [-0.15, -0.1) is 16.9 Å². The SMILES string of the molecule is CC(C)Oc1cc(-n2nc(C(C)(C)C)oc2=O)c(Cl)cc1Cl.CP(=O)(O)CCC(N)C(=O)O.O=C(O)CSc1cc(N=c2sc(=O)n3n2CCCC3)c(F)cc1Cl. The van der Waals surface area contributed by atoms with Gasteiger partial charge in [0.05, 0.1) is 32.6 Å². The van der Waals surface area contributed by atoms with Crippen LogP contribution in [0.2, 0.25) is 15.1 Å². The molecule has 2 aromatic heterocycles. The highest BCUT2D eigenvalue weighted by Gasteiger charge is 2.24. The smallest absolute Gasteiger partial charge is 0.442 e. The highest BCUT2D eigenvalue weighted by atomic mass is 35.5. The van der Waals surface area contributed by atoms with E-state index in [0.717, 1.165) is 46.7 Å². The number of halogens is 4. The molecule has 314 valence electrons. The number of thioether (sulfide) groups is 1. The summed E-state index contributed by atoms with van der Waals surface area (Å²) in [5.41, 5.74) is 5.11. The van der Waals surface area contributed by atoms with Gasteiger partial charge in [-0.05, 0) is 62.6 Å². The molecule has 5 N–H and O–H groups in total. The van der Waals surface area contributed by atoms with E-state index in [2.05, 4.69) is 10.1 Å². The molecular formula is C34H43Cl3FN6O10PS2. The van der Waals surface area contributed by atoms with Gasteiger partial charge in [0.2, 0.25) is 10.7 Å². The fourth-order valence-corrected chi connectivity index (χ4v) is 7.78. The maximum atomic E-state index is 14.2. The molecule has 0 spiro atoms. The van der Waals surface area contributed by atoms with E-state index < -0.39 is 36.9 Å². The van der Waals surface area contributed by atoms with Crippen molar-refractivity contribution in [3.05, 3.63) is 76.1 Å². The number of aromatic nitrogens is 4. The summed E-state index contributed by atoms with van der Waals surface area (Å²) >= 11 is 20.2. The lowest BCUT2D eigenvalue weighted by molar-refractivity contribution is -0.138. The third-order valence-corrected chi connectivity index (χ3v) is 11.4. The Morgan fingerprint density at radius 3 is 2.26 bits per heavy atom. The predicted molar refractivity (Wildman–Crippen MR) is 218 cm³/mol. The zero-order chi connectivity index (χ0) is 43.0. The summed E-state index contributed by atoms with van der Waals surface area (Å²) in [6.45, 7) is 11.9. The van der Waals surface area contributed by atoms with Gasteiger partial charge in [0.1, 0.15) is 23.3 Å². The molecule has 0 bridgehead atoms.